The first-order valence-corrected chi connectivity index (χ1v) is 14.1. The van der Waals surface area contributed by atoms with E-state index in [0.29, 0.717) is 62.4 Å². The van der Waals surface area contributed by atoms with Crippen molar-refractivity contribution in [3.05, 3.63) is 36.4 Å². The largest absolute Gasteiger partial charge is 0.494 e. The normalized spacial score (nSPS) is 25.1. The van der Waals surface area contributed by atoms with Gasteiger partial charge in [-0.05, 0) is 25.5 Å². The maximum Gasteiger partial charge on any atom is 0.305 e. The second-order valence-electron chi connectivity index (χ2n) is 10.6. The summed E-state index contributed by atoms with van der Waals surface area (Å²) in [5, 5.41) is 9.50. The molecule has 214 valence electrons. The monoisotopic (exact) mass is 544 g/mol. The van der Waals surface area contributed by atoms with Crippen molar-refractivity contribution in [2.45, 2.75) is 71.6 Å². The van der Waals surface area contributed by atoms with Crippen molar-refractivity contribution in [1.82, 2.24) is 9.97 Å². The quantitative estimate of drug-likeness (QED) is 0.378. The summed E-state index contributed by atoms with van der Waals surface area (Å²) in [6, 6.07) is 4.64. The zero-order valence-electron chi connectivity index (χ0n) is 23.4. The van der Waals surface area contributed by atoms with E-state index in [0.717, 1.165) is 12.8 Å². The molecule has 0 aliphatic carbocycles. The number of hydrogen-bond donors (Lipinski definition) is 1. The number of rotatable bonds is 12. The van der Waals surface area contributed by atoms with Gasteiger partial charge < -0.3 is 29.1 Å². The van der Waals surface area contributed by atoms with Crippen LogP contribution in [0.1, 0.15) is 53.4 Å². The molecule has 1 aromatic carbocycles. The summed E-state index contributed by atoms with van der Waals surface area (Å²) >= 11 is 0. The lowest BCUT2D eigenvalue weighted by atomic mass is 9.96. The van der Waals surface area contributed by atoms with Gasteiger partial charge in [-0.1, -0.05) is 27.2 Å². The molecule has 10 heteroatoms. The minimum atomic E-state index is -0.844. The topological polar surface area (TPSA) is 97.3 Å². The smallest absolute Gasteiger partial charge is 0.305 e. The molecule has 0 amide bonds. The lowest BCUT2D eigenvalue weighted by molar-refractivity contribution is -0.137. The molecule has 0 radical (unpaired) electrons. The van der Waals surface area contributed by atoms with Gasteiger partial charge in [-0.25, -0.2) is 14.4 Å². The zero-order valence-corrected chi connectivity index (χ0v) is 23.4. The molecule has 2 fully saturated rings. The van der Waals surface area contributed by atoms with E-state index < -0.39 is 5.97 Å². The number of halogens is 1. The van der Waals surface area contributed by atoms with Crippen LogP contribution in [0.2, 0.25) is 0 Å². The summed E-state index contributed by atoms with van der Waals surface area (Å²) in [7, 11) is 0. The van der Waals surface area contributed by atoms with Crippen molar-refractivity contribution in [3.8, 4) is 11.6 Å². The highest BCUT2D eigenvalue weighted by Crippen LogP contribution is 2.34. The Morgan fingerprint density at radius 2 is 1.97 bits per heavy atom. The Kier molecular flexibility index (Phi) is 9.83. The van der Waals surface area contributed by atoms with E-state index in [1.807, 2.05) is 23.6 Å². The number of unbranched alkanes of at least 4 members (excludes halogenated alkanes) is 1. The SMILES string of the molecule is CCCCOC1CN(c2cnc(O[C@@H]3CCN(c4cc(OCC)ccc4F)C[C@H]3C)cn2)C(CC(=O)O)C1C. The molecule has 39 heavy (non-hydrogen) atoms. The first-order chi connectivity index (χ1) is 18.8. The number of ether oxygens (including phenoxy) is 3. The van der Waals surface area contributed by atoms with Gasteiger partial charge in [-0.3, -0.25) is 4.79 Å². The molecule has 2 aliphatic rings. The minimum Gasteiger partial charge on any atom is -0.494 e. The molecule has 0 saturated carbocycles. The van der Waals surface area contributed by atoms with Gasteiger partial charge in [0.15, 0.2) is 0 Å². The van der Waals surface area contributed by atoms with Crippen LogP contribution in [-0.4, -0.2) is 72.1 Å². The van der Waals surface area contributed by atoms with Crippen LogP contribution in [0.3, 0.4) is 0 Å². The van der Waals surface area contributed by atoms with Crippen LogP contribution in [0, 0.1) is 17.7 Å². The molecular formula is C29H41FN4O5. The molecule has 0 bridgehead atoms. The number of carboxylic acid groups (broad SMARTS) is 1. The molecule has 1 aromatic heterocycles. The number of nitrogens with zero attached hydrogens (tertiary/aromatic N) is 4. The Balaban J connectivity index is 1.38. The molecule has 5 atom stereocenters. The maximum absolute atomic E-state index is 14.6. The number of carbonyl (C=O) groups is 1. The average molecular weight is 545 g/mol. The van der Waals surface area contributed by atoms with Crippen molar-refractivity contribution < 1.29 is 28.5 Å². The van der Waals surface area contributed by atoms with Crippen LogP contribution in [0.4, 0.5) is 15.9 Å². The minimum absolute atomic E-state index is 0.0128. The summed E-state index contributed by atoms with van der Waals surface area (Å²) in [6.45, 7) is 11.2. The van der Waals surface area contributed by atoms with E-state index in [-0.39, 0.29) is 42.3 Å². The Morgan fingerprint density at radius 1 is 1.15 bits per heavy atom. The Hall–Kier alpha value is -3.14. The molecule has 4 rings (SSSR count). The third-order valence-electron chi connectivity index (χ3n) is 7.76. The van der Waals surface area contributed by atoms with Crippen LogP contribution in [0.5, 0.6) is 11.6 Å². The second kappa shape index (κ2) is 13.3. The van der Waals surface area contributed by atoms with E-state index in [2.05, 4.69) is 23.8 Å². The van der Waals surface area contributed by atoms with Crippen LogP contribution in [0.25, 0.3) is 0 Å². The van der Waals surface area contributed by atoms with E-state index in [1.165, 1.54) is 6.07 Å². The fourth-order valence-corrected chi connectivity index (χ4v) is 5.53. The fourth-order valence-electron chi connectivity index (χ4n) is 5.53. The molecule has 2 aliphatic heterocycles. The van der Waals surface area contributed by atoms with Crippen molar-refractivity contribution >= 4 is 17.5 Å². The van der Waals surface area contributed by atoms with Gasteiger partial charge in [-0.2, -0.15) is 0 Å². The number of carboxylic acids is 1. The summed E-state index contributed by atoms with van der Waals surface area (Å²) in [5.41, 5.74) is 0.545. The average Bonchev–Trinajstić information content (AvgIpc) is 3.21. The second-order valence-corrected chi connectivity index (χ2v) is 10.6. The summed E-state index contributed by atoms with van der Waals surface area (Å²) in [4.78, 5) is 24.7. The predicted molar refractivity (Wildman–Crippen MR) is 147 cm³/mol. The molecule has 2 aromatic rings. The third kappa shape index (κ3) is 7.09. The Bertz CT molecular complexity index is 1090. The van der Waals surface area contributed by atoms with Crippen LogP contribution >= 0.6 is 0 Å². The Labute approximate surface area is 230 Å². The highest BCUT2D eigenvalue weighted by Gasteiger charge is 2.41. The molecule has 0 spiro atoms. The summed E-state index contributed by atoms with van der Waals surface area (Å²) < 4.78 is 32.4. The van der Waals surface area contributed by atoms with E-state index in [1.54, 1.807) is 24.5 Å². The number of piperidine rings is 1. The first-order valence-electron chi connectivity index (χ1n) is 14.1. The van der Waals surface area contributed by atoms with Gasteiger partial charge in [0.1, 0.15) is 23.5 Å². The lowest BCUT2D eigenvalue weighted by Crippen LogP contribution is -2.44. The Morgan fingerprint density at radius 3 is 2.64 bits per heavy atom. The molecule has 3 unspecified atom stereocenters. The predicted octanol–water partition coefficient (Wildman–Crippen LogP) is 4.79. The number of hydrogen-bond acceptors (Lipinski definition) is 8. The summed E-state index contributed by atoms with van der Waals surface area (Å²) in [6.07, 6.45) is 5.87. The number of benzene rings is 1. The molecule has 3 heterocycles. The van der Waals surface area contributed by atoms with Gasteiger partial charge in [0.2, 0.25) is 5.88 Å². The van der Waals surface area contributed by atoms with Crippen molar-refractivity contribution in [3.63, 3.8) is 0 Å². The van der Waals surface area contributed by atoms with Crippen molar-refractivity contribution in [2.24, 2.45) is 11.8 Å². The van der Waals surface area contributed by atoms with E-state index >= 15 is 0 Å². The lowest BCUT2D eigenvalue weighted by Gasteiger charge is -2.38. The molecular weight excluding hydrogens is 503 g/mol. The van der Waals surface area contributed by atoms with Gasteiger partial charge in [0.05, 0.1) is 37.2 Å². The number of aromatic nitrogens is 2. The van der Waals surface area contributed by atoms with Gasteiger partial charge in [0, 0.05) is 56.6 Å². The highest BCUT2D eigenvalue weighted by atomic mass is 19.1. The molecule has 2 saturated heterocycles. The number of anilines is 2. The van der Waals surface area contributed by atoms with Crippen LogP contribution in [-0.2, 0) is 9.53 Å². The first kappa shape index (κ1) is 28.9. The van der Waals surface area contributed by atoms with E-state index in [4.69, 9.17) is 14.2 Å². The fraction of sp³-hybridized carbons (Fsp3) is 0.621. The number of aliphatic carboxylic acids is 1. The van der Waals surface area contributed by atoms with Gasteiger partial charge in [-0.15, -0.1) is 0 Å². The highest BCUT2D eigenvalue weighted by molar-refractivity contribution is 5.68. The van der Waals surface area contributed by atoms with E-state index in [9.17, 15) is 14.3 Å². The molecule has 9 nitrogen and oxygen atoms in total. The van der Waals surface area contributed by atoms with Gasteiger partial charge in [0.25, 0.3) is 0 Å². The van der Waals surface area contributed by atoms with Crippen molar-refractivity contribution in [1.29, 1.82) is 0 Å². The van der Waals surface area contributed by atoms with Crippen molar-refractivity contribution in [2.75, 3.05) is 42.6 Å². The van der Waals surface area contributed by atoms with Crippen LogP contribution in [0.15, 0.2) is 30.6 Å². The zero-order chi connectivity index (χ0) is 27.9. The maximum atomic E-state index is 14.6. The standard InChI is InChI=1S/C29H41FN4O5/c1-5-7-12-38-26-18-34(23(20(26)4)14-29(35)36)27-15-32-28(16-31-27)39-25-10-11-33(17-19(25)3)24-13-21(37-6-2)8-9-22(24)30/h8-9,13,15-16,19-20,23,25-26H,5-7,10-12,14,17-18H2,1-4H3,(H,35,36)/t19-,20?,23?,25-,26?/m1/s1. The van der Waals surface area contributed by atoms with Crippen LogP contribution < -0.4 is 19.3 Å². The summed E-state index contributed by atoms with van der Waals surface area (Å²) in [5.74, 6) is 0.787. The van der Waals surface area contributed by atoms with Gasteiger partial charge >= 0.3 is 5.97 Å². The third-order valence-corrected chi connectivity index (χ3v) is 7.76. The molecule has 1 N–H and O–H groups in total.